The summed E-state index contributed by atoms with van der Waals surface area (Å²) in [5, 5.41) is 0.499. The third-order valence-corrected chi connectivity index (χ3v) is 3.90. The smallest absolute Gasteiger partial charge is 0.240 e. The zero-order valence-corrected chi connectivity index (χ0v) is 12.0. The van der Waals surface area contributed by atoms with Crippen LogP contribution in [-0.2, 0) is 4.79 Å². The van der Waals surface area contributed by atoms with Crippen LogP contribution in [0.25, 0.3) is 0 Å². The zero-order chi connectivity index (χ0) is 14.0. The van der Waals surface area contributed by atoms with E-state index in [0.29, 0.717) is 10.6 Å². The molecule has 2 rings (SSSR count). The highest BCUT2D eigenvalue weighted by Gasteiger charge is 2.29. The molecule has 1 saturated heterocycles. The van der Waals surface area contributed by atoms with Crippen molar-refractivity contribution in [2.24, 2.45) is 11.5 Å². The first-order valence-corrected chi connectivity index (χ1v) is 6.95. The topological polar surface area (TPSA) is 72.4 Å². The van der Waals surface area contributed by atoms with E-state index < -0.39 is 0 Å². The SMILES string of the molecule is NC(=O)C1CCCCN1c1cccc(Cl)c1C(N)=S. The summed E-state index contributed by atoms with van der Waals surface area (Å²) in [6, 6.07) is 5.12. The third kappa shape index (κ3) is 2.82. The zero-order valence-electron chi connectivity index (χ0n) is 10.4. The predicted octanol–water partition coefficient (Wildman–Crippen LogP) is 1.82. The molecule has 1 atom stereocenters. The van der Waals surface area contributed by atoms with Gasteiger partial charge in [0.25, 0.3) is 0 Å². The molecule has 1 unspecified atom stereocenters. The van der Waals surface area contributed by atoms with Gasteiger partial charge >= 0.3 is 0 Å². The fourth-order valence-corrected chi connectivity index (χ4v) is 3.05. The standard InChI is InChI=1S/C13H16ClN3OS/c14-8-4-3-6-9(11(8)13(16)19)17-7-2-1-5-10(17)12(15)18/h3-4,6,10H,1-2,5,7H2,(H2,15,18)(H2,16,19). The number of piperidine rings is 1. The highest BCUT2D eigenvalue weighted by atomic mass is 35.5. The average Bonchev–Trinajstić information content (AvgIpc) is 2.37. The number of hydrogen-bond donors (Lipinski definition) is 2. The van der Waals surface area contributed by atoms with Crippen molar-refractivity contribution in [3.63, 3.8) is 0 Å². The Morgan fingerprint density at radius 1 is 1.37 bits per heavy atom. The molecule has 1 aromatic carbocycles. The Hall–Kier alpha value is -1.33. The lowest BCUT2D eigenvalue weighted by Gasteiger charge is -2.36. The molecule has 0 aliphatic carbocycles. The molecule has 1 fully saturated rings. The normalized spacial score (nSPS) is 19.2. The van der Waals surface area contributed by atoms with Crippen molar-refractivity contribution in [1.29, 1.82) is 0 Å². The lowest BCUT2D eigenvalue weighted by Crippen LogP contribution is -2.48. The van der Waals surface area contributed by atoms with Crippen molar-refractivity contribution in [2.45, 2.75) is 25.3 Å². The van der Waals surface area contributed by atoms with Gasteiger partial charge in [0.2, 0.25) is 5.91 Å². The monoisotopic (exact) mass is 297 g/mol. The number of thiocarbonyl (C=S) groups is 1. The molecule has 0 bridgehead atoms. The van der Waals surface area contributed by atoms with Crippen LogP contribution in [0.1, 0.15) is 24.8 Å². The van der Waals surface area contributed by atoms with Crippen LogP contribution in [-0.4, -0.2) is 23.5 Å². The van der Waals surface area contributed by atoms with Gasteiger partial charge in [0, 0.05) is 12.2 Å². The van der Waals surface area contributed by atoms with Crippen LogP contribution < -0.4 is 16.4 Å². The number of hydrogen-bond acceptors (Lipinski definition) is 3. The number of nitrogens with zero attached hydrogens (tertiary/aromatic N) is 1. The molecule has 102 valence electrons. The van der Waals surface area contributed by atoms with Gasteiger partial charge in [-0.05, 0) is 31.4 Å². The van der Waals surface area contributed by atoms with Crippen LogP contribution in [0.5, 0.6) is 0 Å². The second-order valence-corrected chi connectivity index (χ2v) is 5.45. The quantitative estimate of drug-likeness (QED) is 0.835. The first-order chi connectivity index (χ1) is 9.02. The summed E-state index contributed by atoms with van der Waals surface area (Å²) in [7, 11) is 0. The number of carbonyl (C=O) groups excluding carboxylic acids is 1. The van der Waals surface area contributed by atoms with Gasteiger partial charge in [0.1, 0.15) is 11.0 Å². The average molecular weight is 298 g/mol. The van der Waals surface area contributed by atoms with Gasteiger partial charge in [-0.15, -0.1) is 0 Å². The maximum Gasteiger partial charge on any atom is 0.240 e. The van der Waals surface area contributed by atoms with Crippen LogP contribution >= 0.6 is 23.8 Å². The summed E-state index contributed by atoms with van der Waals surface area (Å²) in [6.07, 6.45) is 2.75. The summed E-state index contributed by atoms with van der Waals surface area (Å²) in [5.74, 6) is -0.325. The molecule has 1 amide bonds. The highest BCUT2D eigenvalue weighted by molar-refractivity contribution is 7.80. The van der Waals surface area contributed by atoms with Gasteiger partial charge in [-0.2, -0.15) is 0 Å². The molecule has 19 heavy (non-hydrogen) atoms. The highest BCUT2D eigenvalue weighted by Crippen LogP contribution is 2.32. The molecule has 1 aliphatic heterocycles. The summed E-state index contributed by atoms with van der Waals surface area (Å²) in [5.41, 5.74) is 12.6. The van der Waals surface area contributed by atoms with Gasteiger partial charge in [0.05, 0.1) is 10.6 Å². The predicted molar refractivity (Wildman–Crippen MR) is 81.5 cm³/mol. The van der Waals surface area contributed by atoms with Crippen molar-refractivity contribution in [2.75, 3.05) is 11.4 Å². The largest absolute Gasteiger partial charge is 0.389 e. The molecule has 0 spiro atoms. The van der Waals surface area contributed by atoms with Crippen LogP contribution in [0, 0.1) is 0 Å². The van der Waals surface area contributed by atoms with Crippen molar-refractivity contribution in [3.8, 4) is 0 Å². The van der Waals surface area contributed by atoms with Gasteiger partial charge in [-0.1, -0.05) is 29.9 Å². The van der Waals surface area contributed by atoms with Crippen molar-refractivity contribution in [1.82, 2.24) is 0 Å². The van der Waals surface area contributed by atoms with Crippen molar-refractivity contribution >= 4 is 40.4 Å². The molecule has 4 N–H and O–H groups in total. The Morgan fingerprint density at radius 3 is 2.74 bits per heavy atom. The molecular weight excluding hydrogens is 282 g/mol. The lowest BCUT2D eigenvalue weighted by atomic mass is 9.99. The first-order valence-electron chi connectivity index (χ1n) is 6.16. The van der Waals surface area contributed by atoms with E-state index in [1.807, 2.05) is 17.0 Å². The fraction of sp³-hybridized carbons (Fsp3) is 0.385. The minimum Gasteiger partial charge on any atom is -0.389 e. The lowest BCUT2D eigenvalue weighted by molar-refractivity contribution is -0.119. The molecular formula is C13H16ClN3OS. The first kappa shape index (κ1) is 14.1. The molecule has 6 heteroatoms. The second kappa shape index (κ2) is 5.75. The number of anilines is 1. The Labute approximate surface area is 122 Å². The van der Waals surface area contributed by atoms with E-state index >= 15 is 0 Å². The summed E-state index contributed by atoms with van der Waals surface area (Å²) in [4.78, 5) is 13.8. The van der Waals surface area contributed by atoms with E-state index in [9.17, 15) is 4.79 Å². The van der Waals surface area contributed by atoms with Crippen LogP contribution in [0.3, 0.4) is 0 Å². The number of halogens is 1. The van der Waals surface area contributed by atoms with Gasteiger partial charge in [0.15, 0.2) is 0 Å². The van der Waals surface area contributed by atoms with Crippen molar-refractivity contribution < 1.29 is 4.79 Å². The number of benzene rings is 1. The van der Waals surface area contributed by atoms with Gasteiger partial charge < -0.3 is 16.4 Å². The van der Waals surface area contributed by atoms with E-state index in [1.54, 1.807) is 6.07 Å². The van der Waals surface area contributed by atoms with E-state index in [4.69, 9.17) is 35.3 Å². The van der Waals surface area contributed by atoms with Gasteiger partial charge in [-0.25, -0.2) is 0 Å². The van der Waals surface area contributed by atoms with Crippen LogP contribution in [0.15, 0.2) is 18.2 Å². The number of amides is 1. The minimum atomic E-state index is -0.325. The van der Waals surface area contributed by atoms with Crippen molar-refractivity contribution in [3.05, 3.63) is 28.8 Å². The second-order valence-electron chi connectivity index (χ2n) is 4.61. The molecule has 0 saturated carbocycles. The van der Waals surface area contributed by atoms with Gasteiger partial charge in [-0.3, -0.25) is 4.79 Å². The number of carbonyl (C=O) groups is 1. The summed E-state index contributed by atoms with van der Waals surface area (Å²) in [6.45, 7) is 0.754. The molecule has 1 heterocycles. The van der Waals surface area contributed by atoms with E-state index in [2.05, 4.69) is 0 Å². The molecule has 0 radical (unpaired) electrons. The Morgan fingerprint density at radius 2 is 2.11 bits per heavy atom. The van der Waals surface area contributed by atoms with Crippen LogP contribution in [0.2, 0.25) is 5.02 Å². The Balaban J connectivity index is 2.47. The van der Waals surface area contributed by atoms with Crippen LogP contribution in [0.4, 0.5) is 5.69 Å². The maximum absolute atomic E-state index is 11.6. The minimum absolute atomic E-state index is 0.231. The van der Waals surface area contributed by atoms with E-state index in [1.165, 1.54) is 0 Å². The Kier molecular flexibility index (Phi) is 4.27. The molecule has 1 aliphatic rings. The number of nitrogens with two attached hydrogens (primary N) is 2. The third-order valence-electron chi connectivity index (χ3n) is 3.38. The van der Waals surface area contributed by atoms with E-state index in [-0.39, 0.29) is 16.9 Å². The van der Waals surface area contributed by atoms with E-state index in [0.717, 1.165) is 31.5 Å². The molecule has 1 aromatic rings. The number of rotatable bonds is 3. The molecule has 4 nitrogen and oxygen atoms in total. The summed E-state index contributed by atoms with van der Waals surface area (Å²) >= 11 is 11.2. The fourth-order valence-electron chi connectivity index (χ4n) is 2.51. The Bertz CT molecular complexity index is 521. The summed E-state index contributed by atoms with van der Waals surface area (Å²) < 4.78 is 0. The maximum atomic E-state index is 11.6. The number of primary amides is 1. The molecule has 0 aromatic heterocycles.